The summed E-state index contributed by atoms with van der Waals surface area (Å²) in [5, 5.41) is 0. The van der Waals surface area contributed by atoms with Crippen molar-refractivity contribution in [3.63, 3.8) is 0 Å². The maximum absolute atomic E-state index is 13.3. The lowest BCUT2D eigenvalue weighted by molar-refractivity contribution is -0.137. The second-order valence-corrected chi connectivity index (χ2v) is 7.20. The molecular weight excluding hydrogens is 421 g/mol. The molecule has 0 unspecified atom stereocenters. The van der Waals surface area contributed by atoms with Gasteiger partial charge in [0.1, 0.15) is 12.4 Å². The van der Waals surface area contributed by atoms with Crippen molar-refractivity contribution in [2.45, 2.75) is 33.0 Å². The van der Waals surface area contributed by atoms with Gasteiger partial charge in [0.05, 0.1) is 11.6 Å². The summed E-state index contributed by atoms with van der Waals surface area (Å²) in [6, 6.07) is 8.93. The lowest BCUT2D eigenvalue weighted by Gasteiger charge is -2.28. The van der Waals surface area contributed by atoms with Crippen molar-refractivity contribution in [2.24, 2.45) is 0 Å². The number of alkyl halides is 3. The minimum absolute atomic E-state index is 0.0607. The third-order valence-corrected chi connectivity index (χ3v) is 4.92. The van der Waals surface area contributed by atoms with Crippen molar-refractivity contribution in [1.82, 2.24) is 19.9 Å². The molecule has 0 spiro atoms. The Labute approximate surface area is 184 Å². The van der Waals surface area contributed by atoms with Gasteiger partial charge in [-0.1, -0.05) is 18.2 Å². The van der Waals surface area contributed by atoms with E-state index in [4.69, 9.17) is 4.74 Å². The third-order valence-electron chi connectivity index (χ3n) is 4.92. The maximum atomic E-state index is 13.3. The number of hydrogen-bond acceptors (Lipinski definition) is 5. The molecule has 0 radical (unpaired) electrons. The van der Waals surface area contributed by atoms with Crippen molar-refractivity contribution in [1.29, 1.82) is 0 Å². The van der Waals surface area contributed by atoms with Gasteiger partial charge in [-0.2, -0.15) is 13.2 Å². The molecule has 1 amide bonds. The Morgan fingerprint density at radius 3 is 2.34 bits per heavy atom. The van der Waals surface area contributed by atoms with E-state index in [0.717, 1.165) is 17.8 Å². The summed E-state index contributed by atoms with van der Waals surface area (Å²) in [6.45, 7) is 5.94. The summed E-state index contributed by atoms with van der Waals surface area (Å²) in [5.74, 6) is 0.501. The first-order valence-corrected chi connectivity index (χ1v) is 10.1. The fourth-order valence-electron chi connectivity index (χ4n) is 3.19. The van der Waals surface area contributed by atoms with Gasteiger partial charge in [0.2, 0.25) is 5.88 Å². The largest absolute Gasteiger partial charge is 0.475 e. The zero-order chi connectivity index (χ0) is 23.3. The molecule has 0 N–H and O–H groups in total. The first kappa shape index (κ1) is 23.2. The number of aryl methyl sites for hydroxylation is 1. The van der Waals surface area contributed by atoms with E-state index < -0.39 is 11.7 Å². The van der Waals surface area contributed by atoms with Crippen LogP contribution in [0, 0.1) is 6.92 Å². The molecule has 0 bridgehead atoms. The molecule has 168 valence electrons. The van der Waals surface area contributed by atoms with Crippen LogP contribution in [0.2, 0.25) is 0 Å². The van der Waals surface area contributed by atoms with Gasteiger partial charge in [0, 0.05) is 42.3 Å². The van der Waals surface area contributed by atoms with E-state index >= 15 is 0 Å². The molecule has 3 rings (SSSR count). The highest BCUT2D eigenvalue weighted by molar-refractivity contribution is 6.00. The van der Waals surface area contributed by atoms with Crippen molar-refractivity contribution >= 4 is 5.91 Å². The second kappa shape index (κ2) is 9.76. The van der Waals surface area contributed by atoms with Gasteiger partial charge < -0.3 is 9.64 Å². The molecule has 6 nitrogen and oxygen atoms in total. The maximum Gasteiger partial charge on any atom is 0.417 e. The lowest BCUT2D eigenvalue weighted by Crippen LogP contribution is -2.42. The van der Waals surface area contributed by atoms with Crippen molar-refractivity contribution in [3.8, 4) is 17.0 Å². The minimum Gasteiger partial charge on any atom is -0.475 e. The summed E-state index contributed by atoms with van der Waals surface area (Å²) in [5.41, 5.74) is 1.10. The fourth-order valence-corrected chi connectivity index (χ4v) is 3.19. The first-order valence-electron chi connectivity index (χ1n) is 10.1. The number of nitrogens with zero attached hydrogens (tertiary/aromatic N) is 4. The molecule has 2 aromatic heterocycles. The molecule has 9 heteroatoms. The Kier molecular flexibility index (Phi) is 7.07. The number of amides is 1. The molecule has 3 aromatic rings. The quantitative estimate of drug-likeness (QED) is 0.524. The van der Waals surface area contributed by atoms with E-state index in [9.17, 15) is 18.0 Å². The number of rotatable bonds is 7. The number of carbonyl (C=O) groups excluding carboxylic acids is 1. The van der Waals surface area contributed by atoms with Crippen LogP contribution in [0.4, 0.5) is 13.2 Å². The fraction of sp³-hybridized carbons (Fsp3) is 0.304. The van der Waals surface area contributed by atoms with Gasteiger partial charge in [0.15, 0.2) is 0 Å². The number of ether oxygens (including phenoxy) is 1. The summed E-state index contributed by atoms with van der Waals surface area (Å²) in [7, 11) is 0. The SMILES string of the molecule is CCN(C(=O)c1ccccc1-c1cnc(C)nc1)[C@@H](C)COc1ccc(C(F)(F)F)cn1. The van der Waals surface area contributed by atoms with Crippen LogP contribution in [0.3, 0.4) is 0 Å². The van der Waals surface area contributed by atoms with Crippen LogP contribution in [0.15, 0.2) is 55.0 Å². The van der Waals surface area contributed by atoms with Crippen LogP contribution in [-0.4, -0.2) is 45.0 Å². The number of hydrogen-bond donors (Lipinski definition) is 0. The monoisotopic (exact) mass is 444 g/mol. The Bertz CT molecular complexity index is 1050. The van der Waals surface area contributed by atoms with Crippen molar-refractivity contribution in [2.75, 3.05) is 13.2 Å². The lowest BCUT2D eigenvalue weighted by atomic mass is 10.0. The second-order valence-electron chi connectivity index (χ2n) is 7.20. The van der Waals surface area contributed by atoms with Gasteiger partial charge >= 0.3 is 6.18 Å². The number of carbonyl (C=O) groups is 1. The van der Waals surface area contributed by atoms with Crippen LogP contribution >= 0.6 is 0 Å². The summed E-state index contributed by atoms with van der Waals surface area (Å²) < 4.78 is 43.6. The van der Waals surface area contributed by atoms with Crippen LogP contribution < -0.4 is 4.74 Å². The Morgan fingerprint density at radius 2 is 1.75 bits per heavy atom. The number of aromatic nitrogens is 3. The average Bonchev–Trinajstić information content (AvgIpc) is 2.78. The van der Waals surface area contributed by atoms with E-state index in [1.54, 1.807) is 36.4 Å². The van der Waals surface area contributed by atoms with Gasteiger partial charge in [-0.05, 0) is 38.5 Å². The predicted molar refractivity (Wildman–Crippen MR) is 113 cm³/mol. The zero-order valence-corrected chi connectivity index (χ0v) is 17.9. The van der Waals surface area contributed by atoms with Crippen LogP contribution in [-0.2, 0) is 6.18 Å². The van der Waals surface area contributed by atoms with E-state index in [2.05, 4.69) is 15.0 Å². The molecule has 2 heterocycles. The van der Waals surface area contributed by atoms with Crippen LogP contribution in [0.1, 0.15) is 35.6 Å². The molecule has 32 heavy (non-hydrogen) atoms. The molecule has 0 saturated heterocycles. The van der Waals surface area contributed by atoms with Crippen molar-refractivity contribution < 1.29 is 22.7 Å². The van der Waals surface area contributed by atoms with E-state index in [1.807, 2.05) is 26.0 Å². The summed E-state index contributed by atoms with van der Waals surface area (Å²) in [6.07, 6.45) is -0.385. The van der Waals surface area contributed by atoms with E-state index in [-0.39, 0.29) is 24.4 Å². The highest BCUT2D eigenvalue weighted by Crippen LogP contribution is 2.29. The topological polar surface area (TPSA) is 68.2 Å². The number of benzene rings is 1. The van der Waals surface area contributed by atoms with Crippen molar-refractivity contribution in [3.05, 3.63) is 71.9 Å². The number of likely N-dealkylation sites (N-methyl/N-ethyl adjacent to an activating group) is 1. The smallest absolute Gasteiger partial charge is 0.417 e. The zero-order valence-electron chi connectivity index (χ0n) is 17.9. The standard InChI is InChI=1S/C23H23F3N4O2/c1-4-30(15(2)14-32-21-10-9-18(13-29-21)23(24,25)26)22(31)20-8-6-5-7-19(20)17-11-27-16(3)28-12-17/h5-13,15H,4,14H2,1-3H3/t15-/m0/s1. The van der Waals surface area contributed by atoms with Gasteiger partial charge in [0.25, 0.3) is 5.91 Å². The molecule has 1 atom stereocenters. The molecule has 0 saturated carbocycles. The molecular formula is C23H23F3N4O2. The Hall–Kier alpha value is -3.49. The highest BCUT2D eigenvalue weighted by Gasteiger charge is 2.31. The average molecular weight is 444 g/mol. The first-order chi connectivity index (χ1) is 15.2. The molecule has 0 aliphatic rings. The molecule has 0 aliphatic carbocycles. The normalized spacial score (nSPS) is 12.3. The van der Waals surface area contributed by atoms with Crippen LogP contribution in [0.5, 0.6) is 5.88 Å². The van der Waals surface area contributed by atoms with Gasteiger partial charge in [-0.25, -0.2) is 15.0 Å². The van der Waals surface area contributed by atoms with Gasteiger partial charge in [-0.3, -0.25) is 4.79 Å². The van der Waals surface area contributed by atoms with Gasteiger partial charge in [-0.15, -0.1) is 0 Å². The number of pyridine rings is 1. The molecule has 0 aliphatic heterocycles. The van der Waals surface area contributed by atoms with Crippen LogP contribution in [0.25, 0.3) is 11.1 Å². The van der Waals surface area contributed by atoms with E-state index in [1.165, 1.54) is 6.07 Å². The van der Waals surface area contributed by atoms with E-state index in [0.29, 0.717) is 23.5 Å². The number of halogens is 3. The third kappa shape index (κ3) is 5.40. The molecule has 1 aromatic carbocycles. The molecule has 0 fully saturated rings. The highest BCUT2D eigenvalue weighted by atomic mass is 19.4. The minimum atomic E-state index is -4.46. The Morgan fingerprint density at radius 1 is 1.06 bits per heavy atom. The summed E-state index contributed by atoms with van der Waals surface area (Å²) in [4.78, 5) is 27.1. The Balaban J connectivity index is 1.74. The predicted octanol–water partition coefficient (Wildman–Crippen LogP) is 4.80. The summed E-state index contributed by atoms with van der Waals surface area (Å²) >= 11 is 0.